The molecule has 4 amide bonds. The number of sulfonamides is 1. The van der Waals surface area contributed by atoms with Crippen molar-refractivity contribution in [1.82, 2.24) is 19.8 Å². The second-order valence-corrected chi connectivity index (χ2v) is 16.5. The number of fused-ring (bicyclic) bond motifs is 1. The molecule has 3 fully saturated rings. The minimum absolute atomic E-state index is 0.0324. The number of benzene rings is 2. The SMILES string of the molecule is CC[C@@H]1C[C@]1(NC(=O)[C@@H]1C[C@@H](OC(=O)N2Cc3cccc(F)c3C2)CN1C(=O)[C@@H](Cc1cccc(Cl)c1)C(C)C)C(=O)NS(=O)(=O)C1CC1. The number of likely N-dealkylation sites (tertiary alicyclic amines) is 1. The summed E-state index contributed by atoms with van der Waals surface area (Å²) in [7, 11) is -3.86. The molecule has 1 saturated heterocycles. The molecule has 0 spiro atoms. The molecule has 49 heavy (non-hydrogen) atoms. The van der Waals surface area contributed by atoms with E-state index in [0.717, 1.165) is 5.56 Å². The summed E-state index contributed by atoms with van der Waals surface area (Å²) in [6.45, 7) is 5.82. The zero-order valence-electron chi connectivity index (χ0n) is 27.8. The Bertz CT molecular complexity index is 1770. The van der Waals surface area contributed by atoms with Crippen LogP contribution in [-0.2, 0) is 48.7 Å². The predicted octanol–water partition coefficient (Wildman–Crippen LogP) is 4.31. The lowest BCUT2D eigenvalue weighted by atomic mass is 9.87. The Morgan fingerprint density at radius 2 is 1.84 bits per heavy atom. The Labute approximate surface area is 290 Å². The van der Waals surface area contributed by atoms with Crippen LogP contribution in [0.3, 0.4) is 0 Å². The van der Waals surface area contributed by atoms with E-state index in [1.165, 1.54) is 15.9 Å². The molecule has 2 aromatic carbocycles. The normalized spacial score (nSPS) is 25.1. The number of hydrogen-bond acceptors (Lipinski definition) is 7. The number of carbonyl (C=O) groups excluding carboxylic acids is 4. The Morgan fingerprint density at radius 1 is 1.10 bits per heavy atom. The molecule has 0 radical (unpaired) electrons. The maximum absolute atomic E-state index is 14.4. The van der Waals surface area contributed by atoms with Crippen molar-refractivity contribution in [3.8, 4) is 0 Å². The summed E-state index contributed by atoms with van der Waals surface area (Å²) < 4.78 is 47.7. The highest BCUT2D eigenvalue weighted by Gasteiger charge is 2.62. The van der Waals surface area contributed by atoms with Gasteiger partial charge in [-0.05, 0) is 66.8 Å². The molecule has 264 valence electrons. The first-order valence-electron chi connectivity index (χ1n) is 16.9. The molecule has 11 nitrogen and oxygen atoms in total. The van der Waals surface area contributed by atoms with E-state index in [0.29, 0.717) is 41.8 Å². The highest BCUT2D eigenvalue weighted by atomic mass is 35.5. The summed E-state index contributed by atoms with van der Waals surface area (Å²) in [4.78, 5) is 58.0. The van der Waals surface area contributed by atoms with E-state index in [9.17, 15) is 32.0 Å². The van der Waals surface area contributed by atoms with Crippen LogP contribution in [0, 0.1) is 23.6 Å². The molecule has 0 aromatic heterocycles. The maximum atomic E-state index is 14.4. The van der Waals surface area contributed by atoms with Gasteiger partial charge in [0.15, 0.2) is 0 Å². The largest absolute Gasteiger partial charge is 0.444 e. The van der Waals surface area contributed by atoms with E-state index in [-0.39, 0.29) is 50.2 Å². The fourth-order valence-corrected chi connectivity index (χ4v) is 8.71. The molecule has 2 N–H and O–H groups in total. The molecule has 0 bridgehead atoms. The van der Waals surface area contributed by atoms with Crippen molar-refractivity contribution in [3.63, 3.8) is 0 Å². The third kappa shape index (κ3) is 7.28. The van der Waals surface area contributed by atoms with Gasteiger partial charge in [0.05, 0.1) is 18.3 Å². The minimum atomic E-state index is -3.86. The van der Waals surface area contributed by atoms with Gasteiger partial charge in [-0.2, -0.15) is 0 Å². The van der Waals surface area contributed by atoms with Crippen LogP contribution in [0.15, 0.2) is 42.5 Å². The molecule has 0 unspecified atom stereocenters. The monoisotopic (exact) mass is 716 g/mol. The number of nitrogens with zero attached hydrogens (tertiary/aromatic N) is 2. The van der Waals surface area contributed by atoms with Gasteiger partial charge in [-0.15, -0.1) is 0 Å². The summed E-state index contributed by atoms with van der Waals surface area (Å²) in [5, 5.41) is 2.74. The van der Waals surface area contributed by atoms with E-state index in [1.54, 1.807) is 30.3 Å². The summed E-state index contributed by atoms with van der Waals surface area (Å²) in [5.74, 6) is -3.09. The Morgan fingerprint density at radius 3 is 2.47 bits per heavy atom. The zero-order valence-corrected chi connectivity index (χ0v) is 29.4. The highest BCUT2D eigenvalue weighted by molar-refractivity contribution is 7.91. The first kappa shape index (κ1) is 35.1. The molecule has 4 aliphatic rings. The number of rotatable bonds is 11. The number of nitrogens with one attached hydrogen (secondary N) is 2. The molecule has 2 saturated carbocycles. The summed E-state index contributed by atoms with van der Waals surface area (Å²) in [6.07, 6.45) is 0.507. The van der Waals surface area contributed by atoms with Crippen LogP contribution in [0.4, 0.5) is 9.18 Å². The van der Waals surface area contributed by atoms with Crippen LogP contribution in [-0.4, -0.2) is 71.5 Å². The first-order chi connectivity index (χ1) is 23.2. The van der Waals surface area contributed by atoms with Crippen LogP contribution in [0.5, 0.6) is 0 Å². The van der Waals surface area contributed by atoms with Crippen molar-refractivity contribution in [2.24, 2.45) is 17.8 Å². The molecule has 6 rings (SSSR count). The third-order valence-electron chi connectivity index (χ3n) is 10.3. The van der Waals surface area contributed by atoms with Crippen molar-refractivity contribution < 1.29 is 36.7 Å². The molecular weight excluding hydrogens is 675 g/mol. The molecule has 14 heteroatoms. The first-order valence-corrected chi connectivity index (χ1v) is 18.8. The van der Waals surface area contributed by atoms with Gasteiger partial charge < -0.3 is 15.0 Å². The minimum Gasteiger partial charge on any atom is -0.444 e. The van der Waals surface area contributed by atoms with E-state index >= 15 is 0 Å². The van der Waals surface area contributed by atoms with Gasteiger partial charge in [0.1, 0.15) is 23.5 Å². The number of amides is 4. The van der Waals surface area contributed by atoms with E-state index < -0.39 is 62.6 Å². The standard InChI is InChI=1S/C35H42ClFN4O7S/c1-4-23-16-35(23,33(44)39-49(46,47)26-11-12-26)38-31(42)30-15-25(48-34(45)40-17-22-8-6-10-29(37)28(22)19-40)18-41(30)32(43)27(20(2)3)14-21-7-5-9-24(36)13-21/h5-10,13,20,23,25-27,30H,4,11-12,14-19H2,1-3H3,(H,38,42)(H,39,44)/t23-,25-,27+,30+,35-/m1/s1. The summed E-state index contributed by atoms with van der Waals surface area (Å²) >= 11 is 6.22. The zero-order chi connectivity index (χ0) is 35.2. The quantitative estimate of drug-likeness (QED) is 0.353. The second-order valence-electron chi connectivity index (χ2n) is 14.1. The van der Waals surface area contributed by atoms with Crippen LogP contribution in [0.1, 0.15) is 69.6 Å². The Hall–Kier alpha value is -3.71. The predicted molar refractivity (Wildman–Crippen MR) is 179 cm³/mol. The van der Waals surface area contributed by atoms with Crippen molar-refractivity contribution in [2.75, 3.05) is 6.54 Å². The molecular formula is C35H42ClFN4O7S. The average molecular weight is 717 g/mol. The van der Waals surface area contributed by atoms with Crippen LogP contribution in [0.2, 0.25) is 5.02 Å². The van der Waals surface area contributed by atoms with Crippen molar-refractivity contribution in [3.05, 3.63) is 70.0 Å². The van der Waals surface area contributed by atoms with Crippen molar-refractivity contribution in [2.45, 2.75) is 95.3 Å². The molecule has 2 aromatic rings. The lowest BCUT2D eigenvalue weighted by Gasteiger charge is -2.31. The van der Waals surface area contributed by atoms with Crippen molar-refractivity contribution in [1.29, 1.82) is 0 Å². The van der Waals surface area contributed by atoms with E-state index in [2.05, 4.69) is 10.0 Å². The summed E-state index contributed by atoms with van der Waals surface area (Å²) in [5.41, 5.74) is 0.518. The van der Waals surface area contributed by atoms with E-state index in [1.807, 2.05) is 26.8 Å². The fourth-order valence-electron chi connectivity index (χ4n) is 7.14. The average Bonchev–Trinajstić information content (AvgIpc) is 3.94. The molecule has 2 aliphatic carbocycles. The molecule has 5 atom stereocenters. The molecule has 2 heterocycles. The van der Waals surface area contributed by atoms with Gasteiger partial charge in [-0.25, -0.2) is 17.6 Å². The lowest BCUT2D eigenvalue weighted by Crippen LogP contribution is -2.57. The fraction of sp³-hybridized carbons (Fsp3) is 0.543. The van der Waals surface area contributed by atoms with Crippen LogP contribution in [0.25, 0.3) is 0 Å². The number of hydrogen-bond donors (Lipinski definition) is 2. The number of carbonyl (C=O) groups is 4. The number of ether oxygens (including phenoxy) is 1. The summed E-state index contributed by atoms with van der Waals surface area (Å²) in [6, 6.07) is 10.8. The third-order valence-corrected chi connectivity index (χ3v) is 12.4. The lowest BCUT2D eigenvalue weighted by molar-refractivity contribution is -0.143. The second kappa shape index (κ2) is 13.5. The van der Waals surface area contributed by atoms with Gasteiger partial charge in [0.2, 0.25) is 21.8 Å². The molecule has 2 aliphatic heterocycles. The van der Waals surface area contributed by atoms with E-state index in [4.69, 9.17) is 16.3 Å². The highest BCUT2D eigenvalue weighted by Crippen LogP contribution is 2.47. The maximum Gasteiger partial charge on any atom is 0.410 e. The van der Waals surface area contributed by atoms with Crippen LogP contribution >= 0.6 is 11.6 Å². The van der Waals surface area contributed by atoms with Gasteiger partial charge in [0.25, 0.3) is 5.91 Å². The Kier molecular flexibility index (Phi) is 9.71. The van der Waals surface area contributed by atoms with Gasteiger partial charge in [-0.1, -0.05) is 63.1 Å². The number of halogens is 2. The smallest absolute Gasteiger partial charge is 0.410 e. The van der Waals surface area contributed by atoms with Gasteiger partial charge >= 0.3 is 6.09 Å². The van der Waals surface area contributed by atoms with Crippen LogP contribution < -0.4 is 10.0 Å². The van der Waals surface area contributed by atoms with Crippen molar-refractivity contribution >= 4 is 45.4 Å². The van der Waals surface area contributed by atoms with Gasteiger partial charge in [-0.3, -0.25) is 24.0 Å². The van der Waals surface area contributed by atoms with Gasteiger partial charge in [0, 0.05) is 29.5 Å². The topological polar surface area (TPSA) is 142 Å². The Balaban J connectivity index is 1.22.